The fourth-order valence-corrected chi connectivity index (χ4v) is 12.7. The quantitative estimate of drug-likeness (QED) is 0.123. The van der Waals surface area contributed by atoms with Crippen LogP contribution in [-0.4, -0.2) is 205 Å². The number of carbonyl (C=O) groups excluding carboxylic acids is 12. The number of aromatic hydroxyl groups is 1. The summed E-state index contributed by atoms with van der Waals surface area (Å²) in [6.07, 6.45) is 8.79. The lowest BCUT2D eigenvalue weighted by Gasteiger charge is -2.40. The molecule has 8 amide bonds. The maximum atomic E-state index is 14.9. The molecule has 0 radical (unpaired) electrons. The van der Waals surface area contributed by atoms with Gasteiger partial charge in [-0.25, -0.2) is 19.6 Å². The number of fused-ring (bicyclic) bond motifs is 5. The van der Waals surface area contributed by atoms with E-state index in [0.29, 0.717) is 31.4 Å². The highest BCUT2D eigenvalue weighted by atomic mass is 16.6. The molecule has 5 aliphatic heterocycles. The molecule has 100 heavy (non-hydrogen) atoms. The van der Waals surface area contributed by atoms with Crippen molar-refractivity contribution in [2.24, 2.45) is 11.8 Å². The minimum atomic E-state index is -1.68. The third-order valence-corrected chi connectivity index (χ3v) is 18.2. The third kappa shape index (κ3) is 19.3. The van der Waals surface area contributed by atoms with Crippen LogP contribution in [0.25, 0.3) is 0 Å². The lowest BCUT2D eigenvalue weighted by molar-refractivity contribution is -0.158. The van der Waals surface area contributed by atoms with Gasteiger partial charge in [0.2, 0.25) is 41.3 Å². The number of pyridine rings is 1. The molecule has 0 aliphatic carbocycles. The Labute approximate surface area is 579 Å². The fraction of sp³-hybridized carbons (Fsp3) is 0.472. The Morgan fingerprint density at radius 3 is 2.16 bits per heavy atom. The number of oxazole rings is 1. The van der Waals surface area contributed by atoms with Gasteiger partial charge >= 0.3 is 11.9 Å². The highest BCUT2D eigenvalue weighted by molar-refractivity contribution is 6.02. The van der Waals surface area contributed by atoms with E-state index >= 15 is 0 Å². The predicted octanol–water partition coefficient (Wildman–Crippen LogP) is 3.78. The molecule has 28 heteroatoms. The van der Waals surface area contributed by atoms with Crippen LogP contribution in [0.15, 0.2) is 120 Å². The Bertz CT molecular complexity index is 3760. The van der Waals surface area contributed by atoms with E-state index < -0.39 is 125 Å². The Hall–Kier alpha value is -10.4. The summed E-state index contributed by atoms with van der Waals surface area (Å²) in [5.41, 5.74) is 2.09. The summed E-state index contributed by atoms with van der Waals surface area (Å²) in [4.78, 5) is 178. The molecule has 2 aromatic heterocycles. The zero-order valence-electron chi connectivity index (χ0n) is 57.4. The Kier molecular flexibility index (Phi) is 26.3. The molecule has 0 spiro atoms. The van der Waals surface area contributed by atoms with Gasteiger partial charge in [0.05, 0.1) is 12.5 Å². The Morgan fingerprint density at radius 2 is 1.47 bits per heavy atom. The van der Waals surface area contributed by atoms with Crippen LogP contribution in [0, 0.1) is 11.8 Å². The van der Waals surface area contributed by atoms with Crippen molar-refractivity contribution in [3.63, 3.8) is 0 Å². The van der Waals surface area contributed by atoms with Gasteiger partial charge in [0.15, 0.2) is 17.4 Å². The first kappa shape index (κ1) is 75.4. The number of amides is 8. The normalized spacial score (nSPS) is 27.2. The Morgan fingerprint density at radius 1 is 0.770 bits per heavy atom. The first-order valence-electron chi connectivity index (χ1n) is 33.7. The van der Waals surface area contributed by atoms with Crippen molar-refractivity contribution in [2.45, 2.75) is 166 Å². The van der Waals surface area contributed by atoms with Crippen molar-refractivity contribution in [3.8, 4) is 5.75 Å². The number of hydrogen-bond acceptors (Lipinski definition) is 20. The third-order valence-electron chi connectivity index (χ3n) is 18.2. The lowest BCUT2D eigenvalue weighted by Crippen LogP contribution is -2.61. The van der Waals surface area contributed by atoms with E-state index in [2.05, 4.69) is 36.6 Å². The minimum Gasteiger partial charge on any atom is -0.505 e. The maximum absolute atomic E-state index is 14.9. The smallest absolute Gasteiger partial charge is 0.333 e. The number of nitrogens with one attached hydrogen (secondary N) is 5. The van der Waals surface area contributed by atoms with Crippen molar-refractivity contribution < 1.29 is 81.6 Å². The van der Waals surface area contributed by atoms with E-state index in [9.17, 15) is 67.7 Å². The Balaban J connectivity index is 0.000000286. The lowest BCUT2D eigenvalue weighted by atomic mass is 9.94. The average molecular weight is 1380 g/mol. The number of nitrogens with zero attached hydrogens (tertiary/aromatic N) is 6. The molecule has 7 heterocycles. The van der Waals surface area contributed by atoms with Gasteiger partial charge in [-0.05, 0) is 93.3 Å². The van der Waals surface area contributed by atoms with E-state index in [-0.39, 0.29) is 111 Å². The molecule has 7 N–H and O–H groups in total. The van der Waals surface area contributed by atoms with Crippen LogP contribution in [-0.2, 0) is 70.3 Å². The van der Waals surface area contributed by atoms with Crippen molar-refractivity contribution in [1.29, 1.82) is 0 Å². The van der Waals surface area contributed by atoms with E-state index in [1.807, 2.05) is 45.0 Å². The van der Waals surface area contributed by atoms with Gasteiger partial charge < -0.3 is 70.3 Å². The molecule has 4 saturated heterocycles. The molecule has 4 aromatic rings. The number of carbonyl (C=O) groups is 12. The summed E-state index contributed by atoms with van der Waals surface area (Å²) in [5, 5.41) is 34.3. The number of ether oxygens (including phenoxy) is 2. The van der Waals surface area contributed by atoms with Crippen LogP contribution in [0.3, 0.4) is 0 Å². The number of aliphatic hydroxyl groups is 1. The zero-order chi connectivity index (χ0) is 72.5. The SMILES string of the molecule is CC1=C/[C@@H](O)CC(=O)Cc2nc(co2)C(=O)N2CCC[C@@H]2C(=O)O[C@H](C(C)C)[C@H](C)/C=C\C(=O)NC/C=C\1.CC[C@H]1NC(=O)[C@@H](NC(=O)c2ncccc2O)[C@@H](C)OC(=O)[C@H](c2ccccc2)NC(=O)[C@@H]2CC(=O)CCN2C(=O)[C@H](Cc2ccc(NC)cc2)N(C)C(=O)[C@@H]2CCCN2C1=O. The number of esters is 2. The number of cyclic esters (lactones) is 2. The minimum absolute atomic E-state index is 0.00930. The van der Waals surface area contributed by atoms with Gasteiger partial charge in [-0.3, -0.25) is 47.9 Å². The number of ketones is 2. The summed E-state index contributed by atoms with van der Waals surface area (Å²) in [7, 11) is 3.23. The van der Waals surface area contributed by atoms with Gasteiger partial charge in [0.25, 0.3) is 11.8 Å². The second-order valence-electron chi connectivity index (χ2n) is 25.8. The summed E-state index contributed by atoms with van der Waals surface area (Å²) in [6, 6.07) is 9.12. The highest BCUT2D eigenvalue weighted by Gasteiger charge is 2.47. The molecular weight excluding hydrogens is 1290 g/mol. The van der Waals surface area contributed by atoms with Gasteiger partial charge in [-0.2, -0.15) is 0 Å². The second-order valence-corrected chi connectivity index (χ2v) is 25.8. The van der Waals surface area contributed by atoms with E-state index in [1.165, 1.54) is 64.2 Å². The number of piperidine rings is 1. The van der Waals surface area contributed by atoms with Crippen LogP contribution < -0.4 is 26.6 Å². The number of Topliss-reactive ketones (excluding diaryl/α,β-unsaturated/α-hetero) is 2. The first-order valence-corrected chi connectivity index (χ1v) is 33.7. The number of aromatic nitrogens is 2. The van der Waals surface area contributed by atoms with Crippen LogP contribution in [0.4, 0.5) is 5.69 Å². The monoisotopic (exact) mass is 1380 g/mol. The average Bonchev–Trinajstić information content (AvgIpc) is 1.37. The van der Waals surface area contributed by atoms with Gasteiger partial charge in [-0.1, -0.05) is 100 Å². The molecule has 0 unspecified atom stereocenters. The summed E-state index contributed by atoms with van der Waals surface area (Å²) >= 11 is 0. The van der Waals surface area contributed by atoms with Gasteiger partial charge in [0, 0.05) is 83.8 Å². The number of likely N-dealkylation sites (N-methyl/N-ethyl adjacent to an activating group) is 1. The first-order chi connectivity index (χ1) is 47.8. The highest BCUT2D eigenvalue weighted by Crippen LogP contribution is 2.29. The van der Waals surface area contributed by atoms with E-state index in [0.717, 1.165) is 11.3 Å². The van der Waals surface area contributed by atoms with Gasteiger partial charge in [0.1, 0.15) is 72.0 Å². The number of rotatable bonds is 8. The predicted molar refractivity (Wildman–Crippen MR) is 362 cm³/mol. The maximum Gasteiger partial charge on any atom is 0.333 e. The molecule has 4 fully saturated rings. The van der Waals surface area contributed by atoms with Crippen molar-refractivity contribution in [1.82, 2.24) is 50.8 Å². The topological polar surface area (TPSA) is 376 Å². The summed E-state index contributed by atoms with van der Waals surface area (Å²) < 4.78 is 17.1. The van der Waals surface area contributed by atoms with E-state index in [1.54, 1.807) is 75.5 Å². The standard InChI is InChI=1S/C44H52N8O10.C28H37N3O7/c1-5-30-41(58)51-21-10-13-31(51)42(59)50(4)33(23-26-15-17-28(45-3)18-16-26)43(60)52-22-19-29(53)24-32(52)38(55)49-36(27-11-7-6-8-12-27)44(61)62-25(2)35(39(56)47-30)48-40(57)37-34(54)14-9-20-46-37;1-17(2)26-19(4)9-10-24(34)29-11-5-7-18(3)13-20(32)14-21(33)15-25-30-22(16-37-25)27(35)31-12-6-8-23(31)28(36)38-26/h6-9,11-12,14-18,20,25,30-33,35-36,45,54H,5,10,13,19,21-24H2,1-4H3,(H,47,56)(H,48,57)(H,49,55);5,7,9-10,13,16-17,19-20,23,26,32H,6,8,11-12,14-15H2,1-4H3,(H,29,34)/b;7-5-,10-9-,18-13-/t25-,30-,31+,32+,33+,35+,36+;19-,20-,23-,26-/m11/s1. The molecular formula is C72H89N11O17. The number of aliphatic hydroxyl groups excluding tert-OH is 1. The summed E-state index contributed by atoms with van der Waals surface area (Å²) in [6.45, 7) is 11.2. The molecule has 2 aromatic carbocycles. The van der Waals surface area contributed by atoms with Crippen molar-refractivity contribution >= 4 is 76.4 Å². The molecule has 5 aliphatic rings. The number of hydrogen-bond donors (Lipinski definition) is 7. The zero-order valence-corrected chi connectivity index (χ0v) is 57.4. The summed E-state index contributed by atoms with van der Waals surface area (Å²) in [5.74, 6) is -8.11. The second kappa shape index (κ2) is 34.9. The number of anilines is 1. The van der Waals surface area contributed by atoms with Crippen LogP contribution >= 0.6 is 0 Å². The number of benzene rings is 2. The number of allylic oxidation sites excluding steroid dienone is 2. The molecule has 28 nitrogen and oxygen atoms in total. The largest absolute Gasteiger partial charge is 0.505 e. The van der Waals surface area contributed by atoms with E-state index in [4.69, 9.17) is 13.9 Å². The van der Waals surface area contributed by atoms with Crippen LogP contribution in [0.1, 0.15) is 137 Å². The van der Waals surface area contributed by atoms with Crippen LogP contribution in [0.5, 0.6) is 5.75 Å². The molecule has 0 saturated carbocycles. The van der Waals surface area contributed by atoms with Crippen LogP contribution in [0.2, 0.25) is 0 Å². The molecule has 9 rings (SSSR count). The van der Waals surface area contributed by atoms with Crippen molar-refractivity contribution in [2.75, 3.05) is 45.6 Å². The molecule has 2 bridgehead atoms. The fourth-order valence-electron chi connectivity index (χ4n) is 12.7. The molecule has 11 atom stereocenters. The van der Waals surface area contributed by atoms with Gasteiger partial charge in [-0.15, -0.1) is 0 Å². The van der Waals surface area contributed by atoms with Crippen molar-refractivity contribution in [3.05, 3.63) is 144 Å². The molecule has 534 valence electrons.